The Morgan fingerprint density at radius 1 is 1.39 bits per heavy atom. The van der Waals surface area contributed by atoms with Crippen LogP contribution in [0.4, 0.5) is 0 Å². The van der Waals surface area contributed by atoms with Gasteiger partial charge in [0.15, 0.2) is 5.03 Å². The highest BCUT2D eigenvalue weighted by Crippen LogP contribution is 2.35. The van der Waals surface area contributed by atoms with Gasteiger partial charge in [-0.15, -0.1) is 0 Å². The van der Waals surface area contributed by atoms with Crippen LogP contribution in [0.1, 0.15) is 24.6 Å². The molecule has 1 aliphatic carbocycles. The number of rotatable bonds is 4. The van der Waals surface area contributed by atoms with Crippen LogP contribution >= 0.6 is 10.7 Å². The Morgan fingerprint density at radius 3 is 2.78 bits per heavy atom. The molecule has 2 aromatic heterocycles. The van der Waals surface area contributed by atoms with Gasteiger partial charge in [-0.3, -0.25) is 0 Å². The van der Waals surface area contributed by atoms with Crippen molar-refractivity contribution in [2.75, 3.05) is 0 Å². The monoisotopic (exact) mass is 286 g/mol. The van der Waals surface area contributed by atoms with Crippen molar-refractivity contribution < 1.29 is 8.42 Å². The standard InChI is InChI=1S/C10H11ClN4O2S/c11-18(16,17)10-5-14(7-13-10)4-9-3-12-6-15(9)8-1-2-8/h3,5-8H,1-2,4H2. The fourth-order valence-electron chi connectivity index (χ4n) is 1.88. The number of hydrogen-bond donors (Lipinski definition) is 0. The maximum atomic E-state index is 11.1. The zero-order valence-electron chi connectivity index (χ0n) is 9.40. The maximum Gasteiger partial charge on any atom is 0.280 e. The molecule has 0 radical (unpaired) electrons. The highest BCUT2D eigenvalue weighted by Gasteiger charge is 2.25. The van der Waals surface area contributed by atoms with Crippen molar-refractivity contribution in [2.45, 2.75) is 30.5 Å². The third-order valence-corrected chi connectivity index (χ3v) is 4.08. The molecule has 2 aromatic rings. The second-order valence-corrected chi connectivity index (χ2v) is 6.86. The van der Waals surface area contributed by atoms with Gasteiger partial charge in [-0.05, 0) is 12.8 Å². The van der Waals surface area contributed by atoms with Crippen molar-refractivity contribution in [1.82, 2.24) is 19.1 Å². The van der Waals surface area contributed by atoms with Crippen LogP contribution in [-0.2, 0) is 15.6 Å². The molecular weight excluding hydrogens is 276 g/mol. The highest BCUT2D eigenvalue weighted by atomic mass is 35.7. The lowest BCUT2D eigenvalue weighted by Gasteiger charge is -2.06. The zero-order chi connectivity index (χ0) is 12.8. The number of imidazole rings is 2. The molecule has 8 heteroatoms. The van der Waals surface area contributed by atoms with E-state index < -0.39 is 9.05 Å². The summed E-state index contributed by atoms with van der Waals surface area (Å²) in [5, 5.41) is -0.123. The lowest BCUT2D eigenvalue weighted by molar-refractivity contribution is 0.606. The minimum atomic E-state index is -3.76. The number of nitrogens with zero attached hydrogens (tertiary/aromatic N) is 4. The van der Waals surface area contributed by atoms with E-state index in [9.17, 15) is 8.42 Å². The number of halogens is 1. The molecule has 3 rings (SSSR count). The summed E-state index contributed by atoms with van der Waals surface area (Å²) < 4.78 is 26.0. The van der Waals surface area contributed by atoms with Crippen molar-refractivity contribution >= 4 is 19.7 Å². The van der Waals surface area contributed by atoms with E-state index in [1.54, 1.807) is 10.8 Å². The summed E-state index contributed by atoms with van der Waals surface area (Å²) in [6, 6.07) is 0.544. The first-order valence-electron chi connectivity index (χ1n) is 5.51. The molecule has 0 aromatic carbocycles. The van der Waals surface area contributed by atoms with E-state index in [2.05, 4.69) is 14.5 Å². The zero-order valence-corrected chi connectivity index (χ0v) is 11.0. The lowest BCUT2D eigenvalue weighted by Crippen LogP contribution is -2.04. The van der Waals surface area contributed by atoms with Crippen LogP contribution in [0, 0.1) is 0 Å². The van der Waals surface area contributed by atoms with Crippen molar-refractivity contribution in [3.8, 4) is 0 Å². The van der Waals surface area contributed by atoms with Crippen molar-refractivity contribution in [2.24, 2.45) is 0 Å². The molecule has 1 aliphatic rings. The third kappa shape index (κ3) is 2.28. The lowest BCUT2D eigenvalue weighted by atomic mass is 10.4. The molecule has 96 valence electrons. The summed E-state index contributed by atoms with van der Waals surface area (Å²) in [7, 11) is 1.47. The third-order valence-electron chi connectivity index (χ3n) is 2.89. The van der Waals surface area contributed by atoms with Crippen molar-refractivity contribution in [3.05, 3.63) is 30.7 Å². The molecule has 1 fully saturated rings. The predicted molar refractivity (Wildman–Crippen MR) is 64.9 cm³/mol. The first kappa shape index (κ1) is 11.7. The molecule has 0 amide bonds. The molecule has 0 unspecified atom stereocenters. The molecule has 2 heterocycles. The molecule has 0 saturated heterocycles. The van der Waals surface area contributed by atoms with E-state index in [4.69, 9.17) is 10.7 Å². The van der Waals surface area contributed by atoms with Gasteiger partial charge in [-0.1, -0.05) is 0 Å². The summed E-state index contributed by atoms with van der Waals surface area (Å²) in [5.41, 5.74) is 1.04. The Hall–Kier alpha value is -1.34. The van der Waals surface area contributed by atoms with Gasteiger partial charge >= 0.3 is 0 Å². The van der Waals surface area contributed by atoms with Gasteiger partial charge in [0, 0.05) is 29.1 Å². The fraction of sp³-hybridized carbons (Fsp3) is 0.400. The SMILES string of the molecule is O=S(=O)(Cl)c1cn(Cc2cncn2C2CC2)cn1. The maximum absolute atomic E-state index is 11.1. The molecule has 0 bridgehead atoms. The van der Waals surface area contributed by atoms with Crippen molar-refractivity contribution in [3.63, 3.8) is 0 Å². The fourth-order valence-corrected chi connectivity index (χ4v) is 2.55. The Labute approximate surface area is 109 Å². The van der Waals surface area contributed by atoms with Gasteiger partial charge in [-0.2, -0.15) is 0 Å². The van der Waals surface area contributed by atoms with Crippen LogP contribution in [0.2, 0.25) is 0 Å². The smallest absolute Gasteiger partial charge is 0.280 e. The molecule has 0 N–H and O–H groups in total. The summed E-state index contributed by atoms with van der Waals surface area (Å²) in [6.45, 7) is 0.538. The predicted octanol–water partition coefficient (Wildman–Crippen LogP) is 1.39. The van der Waals surface area contributed by atoms with E-state index in [1.165, 1.54) is 25.4 Å². The van der Waals surface area contributed by atoms with Gasteiger partial charge < -0.3 is 9.13 Å². The van der Waals surface area contributed by atoms with E-state index in [0.29, 0.717) is 12.6 Å². The minimum Gasteiger partial charge on any atom is -0.330 e. The molecule has 0 atom stereocenters. The van der Waals surface area contributed by atoms with E-state index in [0.717, 1.165) is 5.69 Å². The summed E-state index contributed by atoms with van der Waals surface area (Å²) >= 11 is 0. The Kier molecular flexibility index (Phi) is 2.67. The van der Waals surface area contributed by atoms with Crippen LogP contribution in [0.15, 0.2) is 30.1 Å². The second-order valence-electron chi connectivity index (χ2n) is 4.35. The summed E-state index contributed by atoms with van der Waals surface area (Å²) in [5.74, 6) is 0. The quantitative estimate of drug-likeness (QED) is 0.797. The Morgan fingerprint density at radius 2 is 2.17 bits per heavy atom. The normalized spacial score (nSPS) is 16.1. The van der Waals surface area contributed by atoms with E-state index in [-0.39, 0.29) is 5.03 Å². The molecule has 18 heavy (non-hydrogen) atoms. The van der Waals surface area contributed by atoms with Crippen LogP contribution in [0.5, 0.6) is 0 Å². The van der Waals surface area contributed by atoms with E-state index in [1.807, 2.05) is 6.33 Å². The average Bonchev–Trinajstić information content (AvgIpc) is 2.85. The largest absolute Gasteiger partial charge is 0.330 e. The van der Waals surface area contributed by atoms with Crippen LogP contribution < -0.4 is 0 Å². The van der Waals surface area contributed by atoms with E-state index >= 15 is 0 Å². The van der Waals surface area contributed by atoms with Crippen LogP contribution in [0.25, 0.3) is 0 Å². The average molecular weight is 287 g/mol. The van der Waals surface area contributed by atoms with Crippen molar-refractivity contribution in [1.29, 1.82) is 0 Å². The van der Waals surface area contributed by atoms with Gasteiger partial charge in [0.1, 0.15) is 0 Å². The molecule has 0 spiro atoms. The van der Waals surface area contributed by atoms with Crippen LogP contribution in [0.3, 0.4) is 0 Å². The first-order valence-corrected chi connectivity index (χ1v) is 7.82. The Bertz CT molecular complexity index is 672. The van der Waals surface area contributed by atoms with Gasteiger partial charge in [0.05, 0.1) is 24.9 Å². The Balaban J connectivity index is 1.84. The topological polar surface area (TPSA) is 69.8 Å². The van der Waals surface area contributed by atoms with Gasteiger partial charge in [0.2, 0.25) is 0 Å². The molecular formula is C10H11ClN4O2S. The summed E-state index contributed by atoms with van der Waals surface area (Å²) in [6.07, 6.45) is 8.82. The number of aromatic nitrogens is 4. The number of hydrogen-bond acceptors (Lipinski definition) is 4. The second kappa shape index (κ2) is 4.10. The first-order chi connectivity index (χ1) is 8.54. The van der Waals surface area contributed by atoms with Crippen LogP contribution in [-0.4, -0.2) is 27.5 Å². The highest BCUT2D eigenvalue weighted by molar-refractivity contribution is 8.13. The van der Waals surface area contributed by atoms with Gasteiger partial charge in [-0.25, -0.2) is 18.4 Å². The summed E-state index contributed by atoms with van der Waals surface area (Å²) in [4.78, 5) is 7.89. The molecule has 6 nitrogen and oxygen atoms in total. The van der Waals surface area contributed by atoms with Gasteiger partial charge in [0.25, 0.3) is 9.05 Å². The molecule has 1 saturated carbocycles. The molecule has 0 aliphatic heterocycles. The minimum absolute atomic E-state index is 0.123.